The summed E-state index contributed by atoms with van der Waals surface area (Å²) in [5, 5.41) is 0. The van der Waals surface area contributed by atoms with Crippen molar-refractivity contribution in [2.24, 2.45) is 5.73 Å². The zero-order chi connectivity index (χ0) is 13.4. The van der Waals surface area contributed by atoms with Gasteiger partial charge in [-0.1, -0.05) is 0 Å². The molecule has 0 spiro atoms. The normalized spacial score (nSPS) is 22.3. The molecule has 3 nitrogen and oxygen atoms in total. The predicted molar refractivity (Wildman–Crippen MR) is 62.3 cm³/mol. The third kappa shape index (κ3) is 7.89. The minimum absolute atomic E-state index is 0.0700. The van der Waals surface area contributed by atoms with Crippen molar-refractivity contribution in [3.63, 3.8) is 0 Å². The number of halogens is 3. The molecule has 0 aliphatic carbocycles. The molecule has 0 saturated carbocycles. The van der Waals surface area contributed by atoms with E-state index in [1.807, 2.05) is 0 Å². The highest BCUT2D eigenvalue weighted by molar-refractivity contribution is 4.67. The molecule has 0 bridgehead atoms. The Bertz CT molecular complexity index is 218. The van der Waals surface area contributed by atoms with Crippen LogP contribution in [0.5, 0.6) is 0 Å². The first-order valence-corrected chi connectivity index (χ1v) is 6.49. The fraction of sp³-hybridized carbons (Fsp3) is 1.00. The van der Waals surface area contributed by atoms with Crippen LogP contribution < -0.4 is 5.73 Å². The van der Waals surface area contributed by atoms with Crippen LogP contribution in [0.25, 0.3) is 0 Å². The molecule has 6 heteroatoms. The van der Waals surface area contributed by atoms with Crippen LogP contribution >= 0.6 is 0 Å². The SMILES string of the molecule is NC(CCCC1CCCO1)CCOCC(F)(F)F. The molecular formula is C12H22F3NO2. The summed E-state index contributed by atoms with van der Waals surface area (Å²) in [6, 6.07) is -0.0837. The van der Waals surface area contributed by atoms with Gasteiger partial charge >= 0.3 is 6.18 Å². The molecule has 0 amide bonds. The molecular weight excluding hydrogens is 247 g/mol. The highest BCUT2D eigenvalue weighted by Gasteiger charge is 2.27. The van der Waals surface area contributed by atoms with Crippen LogP contribution in [-0.4, -0.2) is 38.1 Å². The lowest BCUT2D eigenvalue weighted by atomic mass is 10.0. The molecule has 0 aromatic heterocycles. The molecule has 2 atom stereocenters. The number of nitrogens with two attached hydrogens (primary N) is 1. The molecule has 0 aromatic rings. The maximum absolute atomic E-state index is 11.8. The topological polar surface area (TPSA) is 44.5 Å². The average Bonchev–Trinajstić information content (AvgIpc) is 2.76. The summed E-state index contributed by atoms with van der Waals surface area (Å²) in [7, 11) is 0. The van der Waals surface area contributed by atoms with Crippen molar-refractivity contribution in [1.82, 2.24) is 0 Å². The van der Waals surface area contributed by atoms with Gasteiger partial charge in [0.25, 0.3) is 0 Å². The molecule has 1 fully saturated rings. The van der Waals surface area contributed by atoms with Gasteiger partial charge in [0.15, 0.2) is 0 Å². The molecule has 1 rings (SSSR count). The number of alkyl halides is 3. The van der Waals surface area contributed by atoms with Crippen LogP contribution in [0.3, 0.4) is 0 Å². The second kappa shape index (κ2) is 7.96. The van der Waals surface area contributed by atoms with E-state index in [1.165, 1.54) is 0 Å². The zero-order valence-electron chi connectivity index (χ0n) is 10.5. The van der Waals surface area contributed by atoms with E-state index in [1.54, 1.807) is 0 Å². The Hall–Kier alpha value is -0.330. The lowest BCUT2D eigenvalue weighted by molar-refractivity contribution is -0.174. The highest BCUT2D eigenvalue weighted by Crippen LogP contribution is 2.18. The molecule has 2 N–H and O–H groups in total. The van der Waals surface area contributed by atoms with Crippen LogP contribution in [-0.2, 0) is 9.47 Å². The van der Waals surface area contributed by atoms with Crippen LogP contribution in [0, 0.1) is 0 Å². The predicted octanol–water partition coefficient (Wildman–Crippen LogP) is 2.63. The molecule has 108 valence electrons. The van der Waals surface area contributed by atoms with Crippen LogP contribution in [0.4, 0.5) is 13.2 Å². The molecule has 1 aliphatic rings. The van der Waals surface area contributed by atoms with Crippen molar-refractivity contribution in [2.75, 3.05) is 19.8 Å². The molecule has 1 aliphatic heterocycles. The van der Waals surface area contributed by atoms with Crippen molar-refractivity contribution >= 4 is 0 Å². The number of rotatable bonds is 8. The van der Waals surface area contributed by atoms with Crippen molar-refractivity contribution in [3.05, 3.63) is 0 Å². The minimum atomic E-state index is -4.25. The first kappa shape index (κ1) is 15.7. The Kier molecular flexibility index (Phi) is 6.96. The molecule has 0 radical (unpaired) electrons. The van der Waals surface area contributed by atoms with Crippen molar-refractivity contribution < 1.29 is 22.6 Å². The Morgan fingerprint density at radius 1 is 1.33 bits per heavy atom. The highest BCUT2D eigenvalue weighted by atomic mass is 19.4. The van der Waals surface area contributed by atoms with Crippen LogP contribution in [0.2, 0.25) is 0 Å². The van der Waals surface area contributed by atoms with Crippen molar-refractivity contribution in [1.29, 1.82) is 0 Å². The summed E-state index contributed by atoms with van der Waals surface area (Å²) in [6.45, 7) is -0.266. The monoisotopic (exact) mass is 269 g/mol. The molecule has 1 heterocycles. The summed E-state index contributed by atoms with van der Waals surface area (Å²) in [5.41, 5.74) is 5.81. The largest absolute Gasteiger partial charge is 0.411 e. The molecule has 0 aromatic carbocycles. The van der Waals surface area contributed by atoms with Gasteiger partial charge in [-0.3, -0.25) is 0 Å². The van der Waals surface area contributed by atoms with E-state index < -0.39 is 12.8 Å². The van der Waals surface area contributed by atoms with E-state index >= 15 is 0 Å². The van der Waals surface area contributed by atoms with Crippen molar-refractivity contribution in [2.45, 2.75) is 56.8 Å². The average molecular weight is 269 g/mol. The van der Waals surface area contributed by atoms with Gasteiger partial charge in [0, 0.05) is 19.3 Å². The minimum Gasteiger partial charge on any atom is -0.378 e. The second-order valence-electron chi connectivity index (χ2n) is 4.78. The standard InChI is InChI=1S/C12H22F3NO2/c13-12(14,15)9-17-8-6-10(16)3-1-4-11-5-2-7-18-11/h10-11H,1-9,16H2. The summed E-state index contributed by atoms with van der Waals surface area (Å²) in [4.78, 5) is 0. The Labute approximate surface area is 106 Å². The second-order valence-corrected chi connectivity index (χ2v) is 4.78. The lowest BCUT2D eigenvalue weighted by Crippen LogP contribution is -2.24. The fourth-order valence-corrected chi connectivity index (χ4v) is 2.05. The molecule has 18 heavy (non-hydrogen) atoms. The van der Waals surface area contributed by atoms with E-state index in [-0.39, 0.29) is 12.6 Å². The third-order valence-electron chi connectivity index (χ3n) is 3.02. The van der Waals surface area contributed by atoms with Gasteiger partial charge in [0.2, 0.25) is 0 Å². The molecule has 1 saturated heterocycles. The number of ether oxygens (including phenoxy) is 2. The smallest absolute Gasteiger partial charge is 0.378 e. The zero-order valence-corrected chi connectivity index (χ0v) is 10.5. The van der Waals surface area contributed by atoms with Crippen LogP contribution in [0.15, 0.2) is 0 Å². The van der Waals surface area contributed by atoms with E-state index in [4.69, 9.17) is 10.5 Å². The lowest BCUT2D eigenvalue weighted by Gasteiger charge is -2.14. The van der Waals surface area contributed by atoms with Gasteiger partial charge in [-0.05, 0) is 38.5 Å². The summed E-state index contributed by atoms with van der Waals surface area (Å²) in [5.74, 6) is 0. The fourth-order valence-electron chi connectivity index (χ4n) is 2.05. The van der Waals surface area contributed by atoms with Gasteiger partial charge < -0.3 is 15.2 Å². The molecule has 2 unspecified atom stereocenters. The summed E-state index contributed by atoms with van der Waals surface area (Å²) in [6.07, 6.45) is 1.60. The van der Waals surface area contributed by atoms with Gasteiger partial charge in [-0.2, -0.15) is 13.2 Å². The summed E-state index contributed by atoms with van der Waals surface area (Å²) < 4.78 is 45.4. The number of hydrogen-bond donors (Lipinski definition) is 1. The maximum Gasteiger partial charge on any atom is 0.411 e. The van der Waals surface area contributed by atoms with Gasteiger partial charge in [-0.25, -0.2) is 0 Å². The van der Waals surface area contributed by atoms with Gasteiger partial charge in [0.1, 0.15) is 6.61 Å². The van der Waals surface area contributed by atoms with E-state index in [0.29, 0.717) is 12.5 Å². The van der Waals surface area contributed by atoms with Crippen LogP contribution in [0.1, 0.15) is 38.5 Å². The van der Waals surface area contributed by atoms with E-state index in [0.717, 1.165) is 38.7 Å². The first-order chi connectivity index (χ1) is 8.47. The first-order valence-electron chi connectivity index (χ1n) is 6.49. The van der Waals surface area contributed by atoms with Crippen molar-refractivity contribution in [3.8, 4) is 0 Å². The Morgan fingerprint density at radius 2 is 2.11 bits per heavy atom. The Balaban J connectivity index is 1.91. The van der Waals surface area contributed by atoms with E-state index in [2.05, 4.69) is 4.74 Å². The summed E-state index contributed by atoms with van der Waals surface area (Å²) >= 11 is 0. The maximum atomic E-state index is 11.8. The number of hydrogen-bond acceptors (Lipinski definition) is 3. The Morgan fingerprint density at radius 3 is 2.72 bits per heavy atom. The quantitative estimate of drug-likeness (QED) is 0.689. The third-order valence-corrected chi connectivity index (χ3v) is 3.02. The van der Waals surface area contributed by atoms with Gasteiger partial charge in [0.05, 0.1) is 6.10 Å². The van der Waals surface area contributed by atoms with E-state index in [9.17, 15) is 13.2 Å². The van der Waals surface area contributed by atoms with Gasteiger partial charge in [-0.15, -0.1) is 0 Å².